The van der Waals surface area contributed by atoms with Crippen LogP contribution in [-0.2, 0) is 25.2 Å². The zero-order chi connectivity index (χ0) is 24.0. The Bertz CT molecular complexity index is 1180. The van der Waals surface area contributed by atoms with Crippen molar-refractivity contribution in [2.45, 2.75) is 31.2 Å². The number of carbonyl (C=O) groups is 3. The maximum absolute atomic E-state index is 13.0. The summed E-state index contributed by atoms with van der Waals surface area (Å²) in [6.45, 7) is 4.73. The predicted octanol–water partition coefficient (Wildman–Crippen LogP) is 0.592. The minimum atomic E-state index is -3.80. The summed E-state index contributed by atoms with van der Waals surface area (Å²) in [5.74, 6) is -0.720. The number of nitrogens with zero attached hydrogens (tertiary/aromatic N) is 4. The summed E-state index contributed by atoms with van der Waals surface area (Å²) in [5, 5.41) is 6.38. The van der Waals surface area contributed by atoms with Crippen LogP contribution >= 0.6 is 0 Å². The third-order valence-corrected chi connectivity index (χ3v) is 8.22. The van der Waals surface area contributed by atoms with Crippen LogP contribution in [0.1, 0.15) is 23.9 Å². The standard InChI is InChI=1S/C21H25N5O6S/c1-14-18(15(2)32-23-14)33(30,31)25-11-9-24(10-12-25)17(27)13-26-19(28)21(3,22-20(26)29)16-7-5-4-6-8-16/h4-8H,9-13H2,1-3H3,(H,22,29). The number of carbonyl (C=O) groups excluding carboxylic acids is 3. The molecule has 0 spiro atoms. The molecule has 0 aliphatic carbocycles. The number of benzene rings is 1. The number of rotatable bonds is 5. The van der Waals surface area contributed by atoms with Crippen molar-refractivity contribution in [1.29, 1.82) is 0 Å². The zero-order valence-corrected chi connectivity index (χ0v) is 19.4. The van der Waals surface area contributed by atoms with Crippen molar-refractivity contribution >= 4 is 27.9 Å². The molecule has 1 unspecified atom stereocenters. The average molecular weight is 476 g/mol. The van der Waals surface area contributed by atoms with E-state index in [1.165, 1.54) is 16.1 Å². The van der Waals surface area contributed by atoms with Gasteiger partial charge in [-0.1, -0.05) is 35.5 Å². The highest BCUT2D eigenvalue weighted by Crippen LogP contribution is 2.29. The molecule has 2 saturated heterocycles. The fourth-order valence-electron chi connectivity index (χ4n) is 4.19. The number of hydrogen-bond acceptors (Lipinski definition) is 7. The van der Waals surface area contributed by atoms with E-state index < -0.39 is 40.0 Å². The predicted molar refractivity (Wildman–Crippen MR) is 115 cm³/mol. The van der Waals surface area contributed by atoms with Crippen LogP contribution < -0.4 is 5.32 Å². The van der Waals surface area contributed by atoms with Crippen molar-refractivity contribution in [3.8, 4) is 0 Å². The number of hydrogen-bond donors (Lipinski definition) is 1. The Kier molecular flexibility index (Phi) is 5.74. The van der Waals surface area contributed by atoms with Gasteiger partial charge < -0.3 is 14.7 Å². The molecule has 4 rings (SSSR count). The van der Waals surface area contributed by atoms with E-state index in [2.05, 4.69) is 10.5 Å². The van der Waals surface area contributed by atoms with Gasteiger partial charge in [0.25, 0.3) is 5.91 Å². The third-order valence-electron chi connectivity index (χ3n) is 6.08. The van der Waals surface area contributed by atoms with Gasteiger partial charge in [-0.3, -0.25) is 14.5 Å². The zero-order valence-electron chi connectivity index (χ0n) is 18.6. The second-order valence-electron chi connectivity index (χ2n) is 8.25. The molecular weight excluding hydrogens is 450 g/mol. The van der Waals surface area contributed by atoms with Gasteiger partial charge in [-0.05, 0) is 26.3 Å². The number of aryl methyl sites for hydroxylation is 2. The Hall–Kier alpha value is -3.25. The molecule has 0 bridgehead atoms. The maximum Gasteiger partial charge on any atom is 0.325 e. The second kappa shape index (κ2) is 8.27. The molecule has 0 radical (unpaired) electrons. The van der Waals surface area contributed by atoms with Crippen LogP contribution in [-0.4, -0.2) is 78.2 Å². The van der Waals surface area contributed by atoms with Crippen molar-refractivity contribution in [3.05, 3.63) is 47.3 Å². The molecular formula is C21H25N5O6S. The first kappa shape index (κ1) is 22.9. The topological polar surface area (TPSA) is 133 Å². The van der Waals surface area contributed by atoms with Crippen LogP contribution in [0.4, 0.5) is 4.79 Å². The third kappa shape index (κ3) is 3.89. The molecule has 1 N–H and O–H groups in total. The normalized spacial score (nSPS) is 22.0. The Morgan fingerprint density at radius 1 is 1.12 bits per heavy atom. The van der Waals surface area contributed by atoms with Crippen molar-refractivity contribution in [1.82, 2.24) is 24.6 Å². The number of nitrogens with one attached hydrogen (secondary N) is 1. The summed E-state index contributed by atoms with van der Waals surface area (Å²) in [6.07, 6.45) is 0. The monoisotopic (exact) mass is 475 g/mol. The molecule has 33 heavy (non-hydrogen) atoms. The summed E-state index contributed by atoms with van der Waals surface area (Å²) in [5.41, 5.74) is -0.345. The van der Waals surface area contributed by atoms with Gasteiger partial charge in [0.05, 0.1) is 0 Å². The molecule has 1 aromatic heterocycles. The Labute approximate surface area is 191 Å². The quantitative estimate of drug-likeness (QED) is 0.626. The second-order valence-corrected chi connectivity index (χ2v) is 10.1. The van der Waals surface area contributed by atoms with Crippen LogP contribution in [0.5, 0.6) is 0 Å². The number of piperazine rings is 1. The van der Waals surface area contributed by atoms with Gasteiger partial charge in [0.15, 0.2) is 5.76 Å². The van der Waals surface area contributed by atoms with Crippen LogP contribution in [0.15, 0.2) is 39.8 Å². The van der Waals surface area contributed by atoms with Crippen LogP contribution in [0.25, 0.3) is 0 Å². The smallest absolute Gasteiger partial charge is 0.325 e. The van der Waals surface area contributed by atoms with Crippen molar-refractivity contribution < 1.29 is 27.3 Å². The van der Waals surface area contributed by atoms with E-state index in [0.717, 1.165) is 4.90 Å². The highest BCUT2D eigenvalue weighted by Gasteiger charge is 2.49. The first-order chi connectivity index (χ1) is 15.6. The van der Waals surface area contributed by atoms with Crippen LogP contribution in [0.3, 0.4) is 0 Å². The minimum Gasteiger partial charge on any atom is -0.360 e. The largest absolute Gasteiger partial charge is 0.360 e. The molecule has 1 aromatic carbocycles. The summed E-state index contributed by atoms with van der Waals surface area (Å²) < 4.78 is 32.2. The van der Waals surface area contributed by atoms with Gasteiger partial charge in [-0.2, -0.15) is 4.31 Å². The van der Waals surface area contributed by atoms with Crippen molar-refractivity contribution in [2.75, 3.05) is 32.7 Å². The molecule has 2 aromatic rings. The SMILES string of the molecule is Cc1noc(C)c1S(=O)(=O)N1CCN(C(=O)CN2C(=O)NC(C)(c3ccccc3)C2=O)CC1. The number of sulfonamides is 1. The average Bonchev–Trinajstić information content (AvgIpc) is 3.25. The van der Waals surface area contributed by atoms with E-state index in [0.29, 0.717) is 5.56 Å². The first-order valence-corrected chi connectivity index (χ1v) is 11.9. The molecule has 0 saturated carbocycles. The molecule has 2 fully saturated rings. The molecule has 2 aliphatic rings. The molecule has 2 aliphatic heterocycles. The fourth-order valence-corrected chi connectivity index (χ4v) is 5.91. The van der Waals surface area contributed by atoms with Gasteiger partial charge in [0.1, 0.15) is 22.7 Å². The molecule has 3 heterocycles. The van der Waals surface area contributed by atoms with E-state index in [1.54, 1.807) is 44.2 Å². The van der Waals surface area contributed by atoms with E-state index >= 15 is 0 Å². The van der Waals surface area contributed by atoms with Gasteiger partial charge in [0.2, 0.25) is 15.9 Å². The summed E-state index contributed by atoms with van der Waals surface area (Å²) >= 11 is 0. The highest BCUT2D eigenvalue weighted by atomic mass is 32.2. The fraction of sp³-hybridized carbons (Fsp3) is 0.429. The number of amides is 4. The summed E-state index contributed by atoms with van der Waals surface area (Å²) in [6, 6.07) is 8.18. The van der Waals surface area contributed by atoms with Gasteiger partial charge in [-0.25, -0.2) is 13.2 Å². The van der Waals surface area contributed by atoms with E-state index in [9.17, 15) is 22.8 Å². The number of aromatic nitrogens is 1. The lowest BCUT2D eigenvalue weighted by Crippen LogP contribution is -2.53. The van der Waals surface area contributed by atoms with E-state index in [1.807, 2.05) is 0 Å². The molecule has 4 amide bonds. The van der Waals surface area contributed by atoms with Gasteiger partial charge in [-0.15, -0.1) is 0 Å². The van der Waals surface area contributed by atoms with Crippen LogP contribution in [0.2, 0.25) is 0 Å². The lowest BCUT2D eigenvalue weighted by atomic mass is 9.92. The number of imide groups is 1. The van der Waals surface area contributed by atoms with E-state index in [4.69, 9.17) is 4.52 Å². The lowest BCUT2D eigenvalue weighted by Gasteiger charge is -2.34. The maximum atomic E-state index is 13.0. The first-order valence-electron chi connectivity index (χ1n) is 10.5. The molecule has 11 nitrogen and oxygen atoms in total. The summed E-state index contributed by atoms with van der Waals surface area (Å²) in [7, 11) is -3.80. The van der Waals surface area contributed by atoms with Crippen molar-refractivity contribution in [3.63, 3.8) is 0 Å². The highest BCUT2D eigenvalue weighted by molar-refractivity contribution is 7.89. The van der Waals surface area contributed by atoms with Crippen molar-refractivity contribution in [2.24, 2.45) is 0 Å². The Balaban J connectivity index is 1.41. The minimum absolute atomic E-state index is 0.0433. The molecule has 1 atom stereocenters. The molecule has 176 valence electrons. The van der Waals surface area contributed by atoms with E-state index in [-0.39, 0.29) is 42.5 Å². The number of urea groups is 1. The lowest BCUT2D eigenvalue weighted by molar-refractivity contribution is -0.139. The van der Waals surface area contributed by atoms with Crippen LogP contribution in [0, 0.1) is 13.8 Å². The Morgan fingerprint density at radius 3 is 2.33 bits per heavy atom. The van der Waals surface area contributed by atoms with Gasteiger partial charge in [0, 0.05) is 26.2 Å². The molecule has 12 heteroatoms. The Morgan fingerprint density at radius 2 is 1.76 bits per heavy atom. The summed E-state index contributed by atoms with van der Waals surface area (Å²) in [4.78, 5) is 40.7. The van der Waals surface area contributed by atoms with Gasteiger partial charge >= 0.3 is 6.03 Å².